The van der Waals surface area contributed by atoms with Crippen LogP contribution in [0.2, 0.25) is 0 Å². The van der Waals surface area contributed by atoms with Crippen LogP contribution in [0.4, 0.5) is 0 Å². The predicted octanol–water partition coefficient (Wildman–Crippen LogP) is 19.2. The van der Waals surface area contributed by atoms with Gasteiger partial charge in [-0.15, -0.1) is 0 Å². The number of nitrogens with zero attached hydrogens (tertiary/aromatic N) is 1. The standard InChI is InChI=1S/C65H120NO8P/c1-6-8-10-12-14-16-18-20-22-23-24-25-26-27-28-29-30-31-32-33-34-35-36-37-38-39-40-41-42-43-44-46-48-50-52-54-56-58-65(68)74-63(62-73-75(69,70)72-60-59-66(3,4)5)61-71-64(67)57-55-53-51-49-47-45-21-19-17-15-13-11-9-7-2/h13,15,18-21,23-24,26-27,63H,6-12,14,16-17,22,25,28-62H2,1-5H3/b15-13-,20-18-,21-19-,24-23-,27-26-. The average Bonchev–Trinajstić information content (AvgIpc) is 3.37. The largest absolute Gasteiger partial charge is 0.756 e. The molecule has 2 atom stereocenters. The number of hydrogen-bond acceptors (Lipinski definition) is 8. The molecule has 0 spiro atoms. The number of phosphoric acid groups is 1. The molecule has 0 amide bonds. The molecular formula is C65H120NO8P. The van der Waals surface area contributed by atoms with Crippen molar-refractivity contribution in [3.63, 3.8) is 0 Å². The van der Waals surface area contributed by atoms with Gasteiger partial charge in [-0.25, -0.2) is 0 Å². The molecule has 0 aliphatic carbocycles. The van der Waals surface area contributed by atoms with Crippen molar-refractivity contribution >= 4 is 19.8 Å². The summed E-state index contributed by atoms with van der Waals surface area (Å²) >= 11 is 0. The third kappa shape index (κ3) is 60.8. The zero-order valence-corrected chi connectivity index (χ0v) is 50.6. The van der Waals surface area contributed by atoms with Gasteiger partial charge in [0.1, 0.15) is 19.8 Å². The van der Waals surface area contributed by atoms with Crippen LogP contribution < -0.4 is 4.89 Å². The lowest BCUT2D eigenvalue weighted by Gasteiger charge is -2.28. The number of likely N-dealkylation sites (N-methyl/N-ethyl adjacent to an activating group) is 1. The van der Waals surface area contributed by atoms with Crippen molar-refractivity contribution in [1.82, 2.24) is 0 Å². The molecule has 0 saturated heterocycles. The van der Waals surface area contributed by atoms with Crippen molar-refractivity contribution in [2.75, 3.05) is 47.5 Å². The van der Waals surface area contributed by atoms with Crippen LogP contribution in [0.3, 0.4) is 0 Å². The van der Waals surface area contributed by atoms with Crippen LogP contribution in [0, 0.1) is 0 Å². The first kappa shape index (κ1) is 72.7. The molecule has 10 heteroatoms. The number of esters is 2. The van der Waals surface area contributed by atoms with Crippen molar-refractivity contribution in [2.45, 2.75) is 296 Å². The van der Waals surface area contributed by atoms with E-state index in [2.05, 4.69) is 74.6 Å². The molecule has 0 bridgehead atoms. The Balaban J connectivity index is 3.94. The molecule has 0 aromatic heterocycles. The summed E-state index contributed by atoms with van der Waals surface area (Å²) in [4.78, 5) is 37.8. The summed E-state index contributed by atoms with van der Waals surface area (Å²) in [6.07, 6.45) is 73.0. The van der Waals surface area contributed by atoms with E-state index in [4.69, 9.17) is 18.5 Å². The molecule has 0 rings (SSSR count). The Bertz CT molecular complexity index is 1450. The Morgan fingerprint density at radius 1 is 0.413 bits per heavy atom. The number of unbranched alkanes of at least 4 members (excludes halogenated alkanes) is 34. The van der Waals surface area contributed by atoms with Crippen molar-refractivity contribution in [3.05, 3.63) is 60.8 Å². The molecule has 0 aliphatic heterocycles. The van der Waals surface area contributed by atoms with Gasteiger partial charge in [0.15, 0.2) is 6.10 Å². The Hall–Kier alpha value is -2.29. The average molecular weight is 1070 g/mol. The summed E-state index contributed by atoms with van der Waals surface area (Å²) in [6.45, 7) is 4.19. The van der Waals surface area contributed by atoms with E-state index < -0.39 is 32.5 Å². The van der Waals surface area contributed by atoms with Gasteiger partial charge in [0.2, 0.25) is 0 Å². The van der Waals surface area contributed by atoms with E-state index in [-0.39, 0.29) is 26.1 Å². The molecule has 438 valence electrons. The van der Waals surface area contributed by atoms with E-state index in [0.29, 0.717) is 23.9 Å². The van der Waals surface area contributed by atoms with Crippen molar-refractivity contribution < 1.29 is 42.1 Å². The lowest BCUT2D eigenvalue weighted by Crippen LogP contribution is -2.37. The summed E-state index contributed by atoms with van der Waals surface area (Å²) in [6, 6.07) is 0. The van der Waals surface area contributed by atoms with Crippen LogP contribution in [0.5, 0.6) is 0 Å². The van der Waals surface area contributed by atoms with E-state index >= 15 is 0 Å². The summed E-state index contributed by atoms with van der Waals surface area (Å²) in [5.41, 5.74) is 0. The van der Waals surface area contributed by atoms with Gasteiger partial charge < -0.3 is 27.9 Å². The Morgan fingerprint density at radius 3 is 1.11 bits per heavy atom. The van der Waals surface area contributed by atoms with E-state index in [1.165, 1.54) is 173 Å². The molecule has 0 aliphatic rings. The fraction of sp³-hybridized carbons (Fsp3) is 0.815. The SMILES string of the molecule is CCCC/C=C\C/C=C\CCCCCCCC(=O)OCC(COP(=O)([O-])OCC[N+](C)(C)C)OC(=O)CCCCCCCCCCCCCCCCCCCCCCCC/C=C\C/C=C\C/C=C\CCCCCCC. The van der Waals surface area contributed by atoms with Crippen LogP contribution in [-0.4, -0.2) is 70.0 Å². The summed E-state index contributed by atoms with van der Waals surface area (Å²) < 4.78 is 34.1. The molecule has 0 fully saturated rings. The van der Waals surface area contributed by atoms with Crippen molar-refractivity contribution in [2.24, 2.45) is 0 Å². The van der Waals surface area contributed by atoms with E-state index in [1.807, 2.05) is 21.1 Å². The van der Waals surface area contributed by atoms with Crippen molar-refractivity contribution in [3.8, 4) is 0 Å². The maximum atomic E-state index is 12.8. The van der Waals surface area contributed by atoms with Gasteiger partial charge in [-0.1, -0.05) is 261 Å². The minimum Gasteiger partial charge on any atom is -0.756 e. The quantitative estimate of drug-likeness (QED) is 0.0195. The highest BCUT2D eigenvalue weighted by atomic mass is 31.2. The molecule has 0 heterocycles. The first-order valence-corrected chi connectivity index (χ1v) is 33.0. The highest BCUT2D eigenvalue weighted by molar-refractivity contribution is 7.45. The molecule has 0 aromatic rings. The van der Waals surface area contributed by atoms with Gasteiger partial charge in [0.25, 0.3) is 7.82 Å². The van der Waals surface area contributed by atoms with Crippen molar-refractivity contribution in [1.29, 1.82) is 0 Å². The molecule has 75 heavy (non-hydrogen) atoms. The van der Waals surface area contributed by atoms with E-state index in [0.717, 1.165) is 77.0 Å². The third-order valence-electron chi connectivity index (χ3n) is 13.8. The lowest BCUT2D eigenvalue weighted by atomic mass is 10.0. The second-order valence-electron chi connectivity index (χ2n) is 22.4. The zero-order valence-electron chi connectivity index (χ0n) is 49.7. The Kier molecular flexibility index (Phi) is 54.7. The van der Waals surface area contributed by atoms with Gasteiger partial charge in [0, 0.05) is 12.8 Å². The monoisotopic (exact) mass is 1070 g/mol. The molecule has 0 aromatic carbocycles. The molecule has 0 N–H and O–H groups in total. The molecule has 9 nitrogen and oxygen atoms in total. The maximum Gasteiger partial charge on any atom is 0.306 e. The van der Waals surface area contributed by atoms with Crippen LogP contribution in [0.15, 0.2) is 60.8 Å². The van der Waals surface area contributed by atoms with Crippen LogP contribution in [-0.2, 0) is 32.7 Å². The topological polar surface area (TPSA) is 111 Å². The second-order valence-corrected chi connectivity index (χ2v) is 23.8. The first-order valence-electron chi connectivity index (χ1n) is 31.5. The van der Waals surface area contributed by atoms with E-state index in [9.17, 15) is 19.0 Å². The zero-order chi connectivity index (χ0) is 54.9. The number of ether oxygens (including phenoxy) is 2. The van der Waals surface area contributed by atoms with Crippen LogP contribution >= 0.6 is 7.82 Å². The van der Waals surface area contributed by atoms with Gasteiger partial charge in [-0.3, -0.25) is 14.2 Å². The van der Waals surface area contributed by atoms with Gasteiger partial charge in [-0.05, 0) is 77.0 Å². The summed E-state index contributed by atoms with van der Waals surface area (Å²) in [7, 11) is 1.16. The minimum atomic E-state index is -4.64. The lowest BCUT2D eigenvalue weighted by molar-refractivity contribution is -0.870. The first-order chi connectivity index (χ1) is 36.5. The normalized spacial score (nSPS) is 13.6. The maximum absolute atomic E-state index is 12.8. The van der Waals surface area contributed by atoms with E-state index in [1.54, 1.807) is 0 Å². The fourth-order valence-corrected chi connectivity index (χ4v) is 9.59. The van der Waals surface area contributed by atoms with Gasteiger partial charge in [0.05, 0.1) is 27.7 Å². The number of allylic oxidation sites excluding steroid dienone is 10. The molecule has 2 unspecified atom stereocenters. The number of carbonyl (C=O) groups is 2. The Morgan fingerprint density at radius 2 is 0.733 bits per heavy atom. The third-order valence-corrected chi connectivity index (χ3v) is 14.7. The minimum absolute atomic E-state index is 0.0331. The number of rotatable bonds is 58. The highest BCUT2D eigenvalue weighted by Gasteiger charge is 2.22. The van der Waals surface area contributed by atoms with Gasteiger partial charge >= 0.3 is 11.9 Å². The fourth-order valence-electron chi connectivity index (χ4n) is 8.86. The predicted molar refractivity (Wildman–Crippen MR) is 319 cm³/mol. The smallest absolute Gasteiger partial charge is 0.306 e. The number of hydrogen-bond donors (Lipinski definition) is 0. The second kappa shape index (κ2) is 56.4. The van der Waals surface area contributed by atoms with Crippen LogP contribution in [0.25, 0.3) is 0 Å². The number of quaternary nitrogens is 1. The molecular weight excluding hydrogens is 954 g/mol. The molecule has 0 saturated carbocycles. The Labute approximate surface area is 464 Å². The summed E-state index contributed by atoms with van der Waals surface area (Å²) in [5, 5.41) is 0. The number of carbonyl (C=O) groups excluding carboxylic acids is 2. The van der Waals surface area contributed by atoms with Gasteiger partial charge in [-0.2, -0.15) is 0 Å². The molecule has 0 radical (unpaired) electrons. The number of phosphoric ester groups is 1. The van der Waals surface area contributed by atoms with Crippen LogP contribution in [0.1, 0.15) is 290 Å². The summed E-state index contributed by atoms with van der Waals surface area (Å²) in [5.74, 6) is -0.841. The highest BCUT2D eigenvalue weighted by Crippen LogP contribution is 2.38.